The van der Waals surface area contributed by atoms with Crippen LogP contribution in [0.15, 0.2) is 6.07 Å². The van der Waals surface area contributed by atoms with Gasteiger partial charge >= 0.3 is 5.97 Å². The highest BCUT2D eigenvalue weighted by molar-refractivity contribution is 7.14. The Balaban J connectivity index is 3.02. The van der Waals surface area contributed by atoms with Crippen molar-refractivity contribution < 1.29 is 9.90 Å². The van der Waals surface area contributed by atoms with E-state index < -0.39 is 5.97 Å². The lowest BCUT2D eigenvalue weighted by molar-refractivity contribution is 0.0701. The third kappa shape index (κ3) is 3.41. The zero-order chi connectivity index (χ0) is 11.6. The lowest BCUT2D eigenvalue weighted by Gasteiger charge is -2.06. The van der Waals surface area contributed by atoms with Gasteiger partial charge in [-0.1, -0.05) is 11.8 Å². The van der Waals surface area contributed by atoms with Gasteiger partial charge in [-0.3, -0.25) is 0 Å². The molecule has 0 bridgehead atoms. The maximum absolute atomic E-state index is 10.8. The molecule has 0 amide bonds. The summed E-state index contributed by atoms with van der Waals surface area (Å²) in [7, 11) is 0. The standard InChI is InChI=1S/C12H14O2S/c1-8-7-9(5-6-12(2,3)4)15-10(8)11(13)14/h7H,1-4H3,(H,13,14). The number of hydrogen-bond donors (Lipinski definition) is 1. The number of aryl methyl sites for hydroxylation is 1. The van der Waals surface area contributed by atoms with Crippen molar-refractivity contribution in [1.29, 1.82) is 0 Å². The summed E-state index contributed by atoms with van der Waals surface area (Å²) in [5.41, 5.74) is 0.729. The van der Waals surface area contributed by atoms with Gasteiger partial charge in [-0.2, -0.15) is 0 Å². The topological polar surface area (TPSA) is 37.3 Å². The van der Waals surface area contributed by atoms with Gasteiger partial charge in [0.15, 0.2) is 0 Å². The van der Waals surface area contributed by atoms with Gasteiger partial charge in [0.1, 0.15) is 4.88 Å². The Bertz CT molecular complexity index is 438. The number of carboxylic acid groups (broad SMARTS) is 1. The second kappa shape index (κ2) is 4.08. The molecule has 0 aliphatic heterocycles. The van der Waals surface area contributed by atoms with Crippen LogP contribution in [-0.4, -0.2) is 11.1 Å². The van der Waals surface area contributed by atoms with E-state index in [1.807, 2.05) is 26.8 Å². The maximum atomic E-state index is 10.8. The molecule has 1 heterocycles. The first-order valence-electron chi connectivity index (χ1n) is 4.66. The molecule has 1 N–H and O–H groups in total. The average molecular weight is 222 g/mol. The number of aromatic carboxylic acids is 1. The molecule has 2 nitrogen and oxygen atoms in total. The summed E-state index contributed by atoms with van der Waals surface area (Å²) >= 11 is 1.24. The fraction of sp³-hybridized carbons (Fsp3) is 0.417. The summed E-state index contributed by atoms with van der Waals surface area (Å²) in [4.78, 5) is 12.0. The molecule has 0 fully saturated rings. The summed E-state index contributed by atoms with van der Waals surface area (Å²) < 4.78 is 0. The summed E-state index contributed by atoms with van der Waals surface area (Å²) in [5, 5.41) is 8.87. The van der Waals surface area contributed by atoms with E-state index in [2.05, 4.69) is 11.8 Å². The Hall–Kier alpha value is -1.27. The summed E-state index contributed by atoms with van der Waals surface area (Å²) in [6.07, 6.45) is 0. The number of hydrogen-bond acceptors (Lipinski definition) is 2. The van der Waals surface area contributed by atoms with Gasteiger partial charge in [-0.25, -0.2) is 4.79 Å². The second-order valence-corrected chi connectivity index (χ2v) is 5.48. The molecule has 0 atom stereocenters. The van der Waals surface area contributed by atoms with Crippen molar-refractivity contribution in [1.82, 2.24) is 0 Å². The van der Waals surface area contributed by atoms with Crippen molar-refractivity contribution in [2.24, 2.45) is 5.41 Å². The molecule has 0 aliphatic carbocycles. The van der Waals surface area contributed by atoms with Gasteiger partial charge in [0.2, 0.25) is 0 Å². The Morgan fingerprint density at radius 1 is 1.47 bits per heavy atom. The molecule has 15 heavy (non-hydrogen) atoms. The first kappa shape index (κ1) is 11.8. The predicted octanol–water partition coefficient (Wildman–Crippen LogP) is 3.15. The van der Waals surface area contributed by atoms with E-state index in [1.165, 1.54) is 11.3 Å². The van der Waals surface area contributed by atoms with Crippen molar-refractivity contribution in [2.75, 3.05) is 0 Å². The van der Waals surface area contributed by atoms with Crippen molar-refractivity contribution in [2.45, 2.75) is 27.7 Å². The van der Waals surface area contributed by atoms with Crippen LogP contribution in [0.1, 0.15) is 40.9 Å². The minimum atomic E-state index is -0.874. The number of thiophene rings is 1. The highest BCUT2D eigenvalue weighted by Gasteiger charge is 2.11. The van der Waals surface area contributed by atoms with Gasteiger partial charge in [0.05, 0.1) is 4.88 Å². The second-order valence-electron chi connectivity index (χ2n) is 4.43. The van der Waals surface area contributed by atoms with E-state index >= 15 is 0 Å². The molecule has 0 unspecified atom stereocenters. The zero-order valence-electron chi connectivity index (χ0n) is 9.34. The first-order valence-corrected chi connectivity index (χ1v) is 5.48. The summed E-state index contributed by atoms with van der Waals surface area (Å²) in [6, 6.07) is 1.83. The Morgan fingerprint density at radius 2 is 2.07 bits per heavy atom. The van der Waals surface area contributed by atoms with Crippen LogP contribution in [0.5, 0.6) is 0 Å². The van der Waals surface area contributed by atoms with Crippen LogP contribution in [0.4, 0.5) is 0 Å². The molecule has 0 aliphatic rings. The lowest BCUT2D eigenvalue weighted by Crippen LogP contribution is -1.98. The Labute approximate surface area is 93.9 Å². The molecule has 0 aromatic carbocycles. The van der Waals surface area contributed by atoms with E-state index in [1.54, 1.807) is 6.92 Å². The fourth-order valence-electron chi connectivity index (χ4n) is 1.01. The van der Waals surface area contributed by atoms with Gasteiger partial charge in [-0.15, -0.1) is 11.3 Å². The molecule has 1 rings (SSSR count). The van der Waals surface area contributed by atoms with Gasteiger partial charge in [-0.05, 0) is 39.3 Å². The third-order valence-corrected chi connectivity index (χ3v) is 2.81. The predicted molar refractivity (Wildman–Crippen MR) is 62.3 cm³/mol. The minimum absolute atomic E-state index is 0.0543. The molecule has 0 saturated carbocycles. The molecule has 80 valence electrons. The van der Waals surface area contributed by atoms with Gasteiger partial charge < -0.3 is 5.11 Å². The number of rotatable bonds is 1. The Kier molecular flexibility index (Phi) is 3.21. The smallest absolute Gasteiger partial charge is 0.346 e. The van der Waals surface area contributed by atoms with Crippen LogP contribution in [0.3, 0.4) is 0 Å². The van der Waals surface area contributed by atoms with Crippen molar-refractivity contribution in [3.8, 4) is 11.8 Å². The molecule has 3 heteroatoms. The van der Waals surface area contributed by atoms with Crippen LogP contribution < -0.4 is 0 Å². The molecule has 1 aromatic rings. The van der Waals surface area contributed by atoms with Crippen molar-refractivity contribution >= 4 is 17.3 Å². The Morgan fingerprint density at radius 3 is 2.47 bits per heavy atom. The molecular weight excluding hydrogens is 208 g/mol. The minimum Gasteiger partial charge on any atom is -0.477 e. The number of carbonyl (C=O) groups is 1. The maximum Gasteiger partial charge on any atom is 0.346 e. The zero-order valence-corrected chi connectivity index (χ0v) is 10.2. The van der Waals surface area contributed by atoms with E-state index in [0.29, 0.717) is 4.88 Å². The largest absolute Gasteiger partial charge is 0.477 e. The molecule has 0 radical (unpaired) electrons. The quantitative estimate of drug-likeness (QED) is 0.741. The highest BCUT2D eigenvalue weighted by Crippen LogP contribution is 2.21. The van der Waals surface area contributed by atoms with Crippen LogP contribution in [-0.2, 0) is 0 Å². The SMILES string of the molecule is Cc1cc(C#CC(C)(C)C)sc1C(=O)O. The third-order valence-electron chi connectivity index (χ3n) is 1.67. The van der Waals surface area contributed by atoms with Crippen LogP contribution in [0.2, 0.25) is 0 Å². The van der Waals surface area contributed by atoms with Crippen LogP contribution in [0, 0.1) is 24.2 Å². The molecule has 0 spiro atoms. The van der Waals surface area contributed by atoms with E-state index in [9.17, 15) is 4.79 Å². The lowest BCUT2D eigenvalue weighted by atomic mass is 9.98. The first-order chi connectivity index (χ1) is 6.79. The van der Waals surface area contributed by atoms with Gasteiger partial charge in [0, 0.05) is 5.41 Å². The molecular formula is C12H14O2S. The highest BCUT2D eigenvalue weighted by atomic mass is 32.1. The van der Waals surface area contributed by atoms with E-state index in [-0.39, 0.29) is 5.41 Å². The van der Waals surface area contributed by atoms with E-state index in [0.717, 1.165) is 10.4 Å². The summed E-state index contributed by atoms with van der Waals surface area (Å²) in [5.74, 6) is 5.22. The van der Waals surface area contributed by atoms with Crippen LogP contribution >= 0.6 is 11.3 Å². The van der Waals surface area contributed by atoms with E-state index in [4.69, 9.17) is 5.11 Å². The van der Waals surface area contributed by atoms with Gasteiger partial charge in [0.25, 0.3) is 0 Å². The monoisotopic (exact) mass is 222 g/mol. The van der Waals surface area contributed by atoms with Crippen molar-refractivity contribution in [3.63, 3.8) is 0 Å². The number of carboxylic acids is 1. The van der Waals surface area contributed by atoms with Crippen molar-refractivity contribution in [3.05, 3.63) is 21.4 Å². The summed E-state index contributed by atoms with van der Waals surface area (Å²) in [6.45, 7) is 7.87. The molecule has 1 aromatic heterocycles. The fourth-order valence-corrected chi connectivity index (χ4v) is 1.87. The molecule has 0 saturated heterocycles. The average Bonchev–Trinajstić information content (AvgIpc) is 2.42. The van der Waals surface area contributed by atoms with Crippen LogP contribution in [0.25, 0.3) is 0 Å². The normalized spacial score (nSPS) is 10.7.